The summed E-state index contributed by atoms with van der Waals surface area (Å²) in [6.07, 6.45) is 0. The molecule has 8 heteroatoms. The summed E-state index contributed by atoms with van der Waals surface area (Å²) < 4.78 is 36.4. The van der Waals surface area contributed by atoms with Gasteiger partial charge in [-0.15, -0.1) is 0 Å². The molecular weight excluding hydrogens is 356 g/mol. The molecule has 2 aromatic carbocycles. The number of carbonyl (C=O) groups is 1. The van der Waals surface area contributed by atoms with Crippen molar-refractivity contribution in [1.29, 1.82) is 0 Å². The zero-order valence-electron chi connectivity index (χ0n) is 15.1. The highest BCUT2D eigenvalue weighted by Gasteiger charge is 2.23. The average Bonchev–Trinajstić information content (AvgIpc) is 2.61. The number of carbonyl (C=O) groups excluding carboxylic acids is 1. The van der Waals surface area contributed by atoms with E-state index in [1.54, 1.807) is 24.3 Å². The lowest BCUT2D eigenvalue weighted by molar-refractivity contribution is -0.116. The van der Waals surface area contributed by atoms with E-state index in [1.165, 1.54) is 33.4 Å². The molecule has 140 valence electrons. The third-order valence-corrected chi connectivity index (χ3v) is 5.58. The minimum Gasteiger partial charge on any atom is -0.497 e. The van der Waals surface area contributed by atoms with Crippen LogP contribution in [0.5, 0.6) is 11.5 Å². The van der Waals surface area contributed by atoms with E-state index in [9.17, 15) is 13.2 Å². The van der Waals surface area contributed by atoms with Crippen LogP contribution in [-0.4, -0.2) is 46.4 Å². The predicted molar refractivity (Wildman–Crippen MR) is 99.2 cm³/mol. The van der Waals surface area contributed by atoms with Crippen molar-refractivity contribution in [1.82, 2.24) is 4.31 Å². The van der Waals surface area contributed by atoms with Gasteiger partial charge in [-0.05, 0) is 48.9 Å². The Morgan fingerprint density at radius 3 is 2.31 bits per heavy atom. The fraction of sp³-hybridized carbons (Fsp3) is 0.278. The van der Waals surface area contributed by atoms with Crippen molar-refractivity contribution < 1.29 is 22.7 Å². The number of nitrogens with one attached hydrogen (secondary N) is 1. The quantitative estimate of drug-likeness (QED) is 0.799. The number of ether oxygens (including phenoxy) is 2. The molecule has 0 aliphatic heterocycles. The average molecular weight is 378 g/mol. The molecule has 2 rings (SSSR count). The molecule has 0 saturated carbocycles. The number of benzene rings is 2. The largest absolute Gasteiger partial charge is 0.497 e. The van der Waals surface area contributed by atoms with E-state index in [0.29, 0.717) is 17.2 Å². The van der Waals surface area contributed by atoms with Gasteiger partial charge in [0.15, 0.2) is 0 Å². The van der Waals surface area contributed by atoms with Gasteiger partial charge in [-0.25, -0.2) is 8.42 Å². The van der Waals surface area contributed by atoms with Gasteiger partial charge in [-0.2, -0.15) is 4.31 Å². The van der Waals surface area contributed by atoms with Crippen molar-refractivity contribution in [3.05, 3.63) is 48.0 Å². The second-order valence-corrected chi connectivity index (χ2v) is 7.73. The van der Waals surface area contributed by atoms with Crippen LogP contribution in [0.1, 0.15) is 5.56 Å². The van der Waals surface area contributed by atoms with Crippen LogP contribution in [0.15, 0.2) is 47.4 Å². The highest BCUT2D eigenvalue weighted by atomic mass is 32.2. The molecule has 0 fully saturated rings. The highest BCUT2D eigenvalue weighted by Crippen LogP contribution is 2.25. The molecule has 7 nitrogen and oxygen atoms in total. The molecule has 2 aromatic rings. The molecule has 1 amide bonds. The molecule has 0 atom stereocenters. The van der Waals surface area contributed by atoms with Gasteiger partial charge >= 0.3 is 0 Å². The van der Waals surface area contributed by atoms with Gasteiger partial charge in [-0.3, -0.25) is 4.79 Å². The number of hydrogen-bond acceptors (Lipinski definition) is 5. The minimum atomic E-state index is -3.79. The number of sulfonamides is 1. The van der Waals surface area contributed by atoms with E-state index in [1.807, 2.05) is 13.0 Å². The van der Waals surface area contributed by atoms with Crippen LogP contribution in [0.2, 0.25) is 0 Å². The number of nitrogens with zero attached hydrogens (tertiary/aromatic N) is 1. The van der Waals surface area contributed by atoms with Crippen molar-refractivity contribution in [2.75, 3.05) is 33.1 Å². The maximum Gasteiger partial charge on any atom is 0.243 e. The van der Waals surface area contributed by atoms with Gasteiger partial charge in [0.25, 0.3) is 0 Å². The van der Waals surface area contributed by atoms with Gasteiger partial charge < -0.3 is 14.8 Å². The van der Waals surface area contributed by atoms with E-state index in [2.05, 4.69) is 5.32 Å². The van der Waals surface area contributed by atoms with E-state index >= 15 is 0 Å². The van der Waals surface area contributed by atoms with E-state index in [-0.39, 0.29) is 11.4 Å². The summed E-state index contributed by atoms with van der Waals surface area (Å²) in [6, 6.07) is 11.3. The highest BCUT2D eigenvalue weighted by molar-refractivity contribution is 7.89. The monoisotopic (exact) mass is 378 g/mol. The normalized spacial score (nSPS) is 11.3. The molecule has 0 radical (unpaired) electrons. The Morgan fingerprint density at radius 2 is 1.73 bits per heavy atom. The fourth-order valence-electron chi connectivity index (χ4n) is 2.32. The van der Waals surface area contributed by atoms with Crippen molar-refractivity contribution >= 4 is 21.6 Å². The smallest absolute Gasteiger partial charge is 0.243 e. The predicted octanol–water partition coefficient (Wildman–Crippen LogP) is 2.27. The second-order valence-electron chi connectivity index (χ2n) is 5.69. The molecule has 0 saturated heterocycles. The maximum atomic E-state index is 12.6. The lowest BCUT2D eigenvalue weighted by Crippen LogP contribution is -2.35. The number of methoxy groups -OCH3 is 2. The third kappa shape index (κ3) is 4.53. The molecule has 1 N–H and O–H groups in total. The molecule has 0 heterocycles. The lowest BCUT2D eigenvalue weighted by Gasteiger charge is -2.18. The summed E-state index contributed by atoms with van der Waals surface area (Å²) in [4.78, 5) is 12.4. The van der Waals surface area contributed by atoms with Crippen LogP contribution in [-0.2, 0) is 14.8 Å². The van der Waals surface area contributed by atoms with Gasteiger partial charge in [0, 0.05) is 7.05 Å². The summed E-state index contributed by atoms with van der Waals surface area (Å²) in [6.45, 7) is 1.56. The number of likely N-dealkylation sites (N-methyl/N-ethyl adjacent to an activating group) is 1. The Morgan fingerprint density at radius 1 is 1.08 bits per heavy atom. The molecule has 0 bridgehead atoms. The summed E-state index contributed by atoms with van der Waals surface area (Å²) in [5, 5.41) is 2.68. The Kier molecular flexibility index (Phi) is 6.23. The first kappa shape index (κ1) is 19.7. The molecule has 0 aliphatic carbocycles. The SMILES string of the molecule is COc1ccc(S(=O)(=O)N(C)CC(=O)Nc2cc(C)ccc2OC)cc1. The van der Waals surface area contributed by atoms with Crippen molar-refractivity contribution in [2.24, 2.45) is 0 Å². The van der Waals surface area contributed by atoms with Crippen LogP contribution in [0.25, 0.3) is 0 Å². The fourth-order valence-corrected chi connectivity index (χ4v) is 3.45. The van der Waals surface area contributed by atoms with Crippen molar-refractivity contribution in [3.63, 3.8) is 0 Å². The summed E-state index contributed by atoms with van der Waals surface area (Å²) >= 11 is 0. The summed E-state index contributed by atoms with van der Waals surface area (Å²) in [5.41, 5.74) is 1.44. The van der Waals surface area contributed by atoms with Gasteiger partial charge in [0.2, 0.25) is 15.9 Å². The summed E-state index contributed by atoms with van der Waals surface area (Å²) in [5.74, 6) is 0.592. The van der Waals surface area contributed by atoms with Crippen LogP contribution in [0.4, 0.5) is 5.69 Å². The zero-order valence-corrected chi connectivity index (χ0v) is 16.0. The van der Waals surface area contributed by atoms with Crippen LogP contribution in [0.3, 0.4) is 0 Å². The van der Waals surface area contributed by atoms with Crippen LogP contribution in [0, 0.1) is 6.92 Å². The summed E-state index contributed by atoms with van der Waals surface area (Å²) in [7, 11) is 0.564. The first-order chi connectivity index (χ1) is 12.3. The van der Waals surface area contributed by atoms with E-state index in [4.69, 9.17) is 9.47 Å². The molecular formula is C18H22N2O5S. The second kappa shape index (κ2) is 8.20. The first-order valence-electron chi connectivity index (χ1n) is 7.83. The zero-order chi connectivity index (χ0) is 19.3. The van der Waals surface area contributed by atoms with Gasteiger partial charge in [-0.1, -0.05) is 6.07 Å². The minimum absolute atomic E-state index is 0.0849. The van der Waals surface area contributed by atoms with Crippen molar-refractivity contribution in [2.45, 2.75) is 11.8 Å². The molecule has 0 spiro atoms. The number of hydrogen-bond donors (Lipinski definition) is 1. The van der Waals surface area contributed by atoms with Gasteiger partial charge in [0.1, 0.15) is 11.5 Å². The Hall–Kier alpha value is -2.58. The van der Waals surface area contributed by atoms with Crippen LogP contribution >= 0.6 is 0 Å². The third-order valence-electron chi connectivity index (χ3n) is 3.76. The number of amides is 1. The maximum absolute atomic E-state index is 12.6. The molecule has 0 aromatic heterocycles. The van der Waals surface area contributed by atoms with Gasteiger partial charge in [0.05, 0.1) is 31.3 Å². The molecule has 26 heavy (non-hydrogen) atoms. The van der Waals surface area contributed by atoms with E-state index in [0.717, 1.165) is 9.87 Å². The molecule has 0 aliphatic rings. The Balaban J connectivity index is 2.11. The Bertz CT molecular complexity index is 879. The van der Waals surface area contributed by atoms with Crippen molar-refractivity contribution in [3.8, 4) is 11.5 Å². The number of anilines is 1. The van der Waals surface area contributed by atoms with E-state index < -0.39 is 15.9 Å². The standard InChI is InChI=1S/C18H22N2O5S/c1-13-5-10-17(25-4)16(11-13)19-18(21)12-20(2)26(22,23)15-8-6-14(24-3)7-9-15/h5-11H,12H2,1-4H3,(H,19,21). The molecule has 0 unspecified atom stereocenters. The number of rotatable bonds is 7. The van der Waals surface area contributed by atoms with Crippen LogP contribution < -0.4 is 14.8 Å². The topological polar surface area (TPSA) is 84.9 Å². The Labute approximate surface area is 153 Å². The number of aryl methyl sites for hydroxylation is 1. The first-order valence-corrected chi connectivity index (χ1v) is 9.27. The lowest BCUT2D eigenvalue weighted by atomic mass is 10.2.